The van der Waals surface area contributed by atoms with Crippen LogP contribution in [0.1, 0.15) is 0 Å². The standard InChI is InChI=1S/C12H9F.C6H6/c13-12-8-6-11(7-9-12)10-4-2-1-3-5-10;1-2-4-6-5-3-1/h1-9H;1-6H. The lowest BCUT2D eigenvalue weighted by Crippen LogP contribution is -1.77. The summed E-state index contributed by atoms with van der Waals surface area (Å²) in [6.45, 7) is 0. The van der Waals surface area contributed by atoms with Gasteiger partial charge in [-0.2, -0.15) is 0 Å². The molecule has 0 aromatic heterocycles. The number of hydrogen-bond acceptors (Lipinski definition) is 0. The number of halogens is 1. The molecule has 0 bridgehead atoms. The molecular weight excluding hydrogens is 235 g/mol. The maximum atomic E-state index is 12.6. The third-order valence-corrected chi connectivity index (χ3v) is 2.62. The molecule has 0 saturated carbocycles. The average molecular weight is 250 g/mol. The topological polar surface area (TPSA) is 0 Å². The minimum Gasteiger partial charge on any atom is -0.207 e. The van der Waals surface area contributed by atoms with Crippen LogP contribution >= 0.6 is 0 Å². The van der Waals surface area contributed by atoms with Crippen molar-refractivity contribution in [1.29, 1.82) is 0 Å². The Morgan fingerprint density at radius 2 is 0.789 bits per heavy atom. The Balaban J connectivity index is 0.000000186. The summed E-state index contributed by atoms with van der Waals surface area (Å²) in [7, 11) is 0. The molecule has 0 aliphatic rings. The molecule has 0 radical (unpaired) electrons. The zero-order valence-corrected chi connectivity index (χ0v) is 10.5. The van der Waals surface area contributed by atoms with Crippen LogP contribution in [0.3, 0.4) is 0 Å². The lowest BCUT2D eigenvalue weighted by Gasteiger charge is -1.99. The van der Waals surface area contributed by atoms with E-state index in [1.54, 1.807) is 12.1 Å². The molecule has 0 fully saturated rings. The fraction of sp³-hybridized carbons (Fsp3) is 0. The van der Waals surface area contributed by atoms with Gasteiger partial charge < -0.3 is 0 Å². The second-order valence-corrected chi connectivity index (χ2v) is 4.03. The first-order valence-corrected chi connectivity index (χ1v) is 6.17. The van der Waals surface area contributed by atoms with Gasteiger partial charge in [0.2, 0.25) is 0 Å². The van der Waals surface area contributed by atoms with Crippen LogP contribution in [0.4, 0.5) is 4.39 Å². The maximum Gasteiger partial charge on any atom is 0.123 e. The molecule has 3 aromatic carbocycles. The van der Waals surface area contributed by atoms with Crippen molar-refractivity contribution in [2.45, 2.75) is 0 Å². The van der Waals surface area contributed by atoms with Gasteiger partial charge in [0.25, 0.3) is 0 Å². The highest BCUT2D eigenvalue weighted by molar-refractivity contribution is 5.62. The van der Waals surface area contributed by atoms with Crippen molar-refractivity contribution in [1.82, 2.24) is 0 Å². The second-order valence-electron chi connectivity index (χ2n) is 4.03. The van der Waals surface area contributed by atoms with E-state index in [4.69, 9.17) is 0 Å². The Bertz CT molecular complexity index is 544. The molecule has 3 aromatic rings. The quantitative estimate of drug-likeness (QED) is 0.558. The van der Waals surface area contributed by atoms with Gasteiger partial charge >= 0.3 is 0 Å². The third-order valence-electron chi connectivity index (χ3n) is 2.62. The highest BCUT2D eigenvalue weighted by Gasteiger charge is 1.95. The predicted molar refractivity (Wildman–Crippen MR) is 78.3 cm³/mol. The van der Waals surface area contributed by atoms with Gasteiger partial charge in [-0.3, -0.25) is 0 Å². The van der Waals surface area contributed by atoms with Crippen LogP contribution in [-0.2, 0) is 0 Å². The first-order valence-electron chi connectivity index (χ1n) is 6.17. The van der Waals surface area contributed by atoms with Crippen LogP contribution in [-0.4, -0.2) is 0 Å². The Labute approximate surface area is 113 Å². The zero-order valence-electron chi connectivity index (χ0n) is 10.5. The van der Waals surface area contributed by atoms with Crippen molar-refractivity contribution < 1.29 is 4.39 Å². The average Bonchev–Trinajstić information content (AvgIpc) is 2.51. The molecular formula is C18H15F. The molecule has 1 heteroatoms. The zero-order chi connectivity index (χ0) is 13.3. The Kier molecular flexibility index (Phi) is 4.88. The molecule has 0 saturated heterocycles. The highest BCUT2D eigenvalue weighted by Crippen LogP contribution is 2.18. The molecule has 0 heterocycles. The fourth-order valence-electron chi connectivity index (χ4n) is 1.66. The van der Waals surface area contributed by atoms with Crippen molar-refractivity contribution >= 4 is 0 Å². The summed E-state index contributed by atoms with van der Waals surface area (Å²) >= 11 is 0. The number of rotatable bonds is 1. The van der Waals surface area contributed by atoms with Gasteiger partial charge in [-0.05, 0) is 23.3 Å². The van der Waals surface area contributed by atoms with Gasteiger partial charge in [0.15, 0.2) is 0 Å². The fourth-order valence-corrected chi connectivity index (χ4v) is 1.66. The molecule has 0 aliphatic heterocycles. The van der Waals surface area contributed by atoms with E-state index in [1.165, 1.54) is 12.1 Å². The third kappa shape index (κ3) is 4.40. The molecule has 0 atom stereocenters. The van der Waals surface area contributed by atoms with E-state index in [0.717, 1.165) is 11.1 Å². The second kappa shape index (κ2) is 7.12. The van der Waals surface area contributed by atoms with Crippen LogP contribution in [0.5, 0.6) is 0 Å². The summed E-state index contributed by atoms with van der Waals surface area (Å²) in [5.41, 5.74) is 2.16. The van der Waals surface area contributed by atoms with E-state index in [9.17, 15) is 4.39 Å². The summed E-state index contributed by atoms with van der Waals surface area (Å²) in [5.74, 6) is -0.195. The lowest BCUT2D eigenvalue weighted by atomic mass is 10.1. The highest BCUT2D eigenvalue weighted by atomic mass is 19.1. The summed E-state index contributed by atoms with van der Waals surface area (Å²) in [4.78, 5) is 0. The SMILES string of the molecule is Fc1ccc(-c2ccccc2)cc1.c1ccccc1. The van der Waals surface area contributed by atoms with Gasteiger partial charge in [-0.25, -0.2) is 4.39 Å². The van der Waals surface area contributed by atoms with E-state index < -0.39 is 0 Å². The summed E-state index contributed by atoms with van der Waals surface area (Å²) in [6, 6.07) is 28.4. The van der Waals surface area contributed by atoms with Crippen molar-refractivity contribution in [3.63, 3.8) is 0 Å². The Morgan fingerprint density at radius 1 is 0.421 bits per heavy atom. The Morgan fingerprint density at radius 3 is 1.26 bits per heavy atom. The van der Waals surface area contributed by atoms with Crippen molar-refractivity contribution in [3.05, 3.63) is 96.8 Å². The predicted octanol–water partition coefficient (Wildman–Crippen LogP) is 5.18. The molecule has 0 spiro atoms. The first-order chi connectivity index (χ1) is 9.36. The van der Waals surface area contributed by atoms with Gasteiger partial charge in [0.05, 0.1) is 0 Å². The van der Waals surface area contributed by atoms with Gasteiger partial charge in [0.1, 0.15) is 5.82 Å². The lowest BCUT2D eigenvalue weighted by molar-refractivity contribution is 0.628. The van der Waals surface area contributed by atoms with E-state index in [1.807, 2.05) is 66.7 Å². The monoisotopic (exact) mass is 250 g/mol. The van der Waals surface area contributed by atoms with Crippen LogP contribution in [0.2, 0.25) is 0 Å². The van der Waals surface area contributed by atoms with E-state index in [0.29, 0.717) is 0 Å². The molecule has 94 valence electrons. The molecule has 0 aliphatic carbocycles. The van der Waals surface area contributed by atoms with Crippen molar-refractivity contribution in [2.75, 3.05) is 0 Å². The molecule has 3 rings (SSSR count). The van der Waals surface area contributed by atoms with Crippen LogP contribution in [0.25, 0.3) is 11.1 Å². The van der Waals surface area contributed by atoms with Crippen molar-refractivity contribution in [2.24, 2.45) is 0 Å². The van der Waals surface area contributed by atoms with E-state index in [2.05, 4.69) is 0 Å². The largest absolute Gasteiger partial charge is 0.207 e. The Hall–Kier alpha value is -2.41. The first kappa shape index (κ1) is 13.0. The van der Waals surface area contributed by atoms with Gasteiger partial charge in [-0.1, -0.05) is 78.9 Å². The molecule has 0 unspecified atom stereocenters. The van der Waals surface area contributed by atoms with Crippen LogP contribution in [0, 0.1) is 5.82 Å². The minimum absolute atomic E-state index is 0.195. The van der Waals surface area contributed by atoms with E-state index in [-0.39, 0.29) is 5.82 Å². The number of benzene rings is 3. The minimum atomic E-state index is -0.195. The van der Waals surface area contributed by atoms with Gasteiger partial charge in [0, 0.05) is 0 Å². The number of hydrogen-bond donors (Lipinski definition) is 0. The molecule has 0 nitrogen and oxygen atoms in total. The molecule has 19 heavy (non-hydrogen) atoms. The van der Waals surface area contributed by atoms with Crippen LogP contribution in [0.15, 0.2) is 91.0 Å². The normalized spacial score (nSPS) is 9.32. The molecule has 0 N–H and O–H groups in total. The van der Waals surface area contributed by atoms with Gasteiger partial charge in [-0.15, -0.1) is 0 Å². The van der Waals surface area contributed by atoms with E-state index >= 15 is 0 Å². The summed E-state index contributed by atoms with van der Waals surface area (Å²) in [6.07, 6.45) is 0. The maximum absolute atomic E-state index is 12.6. The summed E-state index contributed by atoms with van der Waals surface area (Å²) in [5, 5.41) is 0. The summed E-state index contributed by atoms with van der Waals surface area (Å²) < 4.78 is 12.6. The van der Waals surface area contributed by atoms with Crippen LogP contribution < -0.4 is 0 Å². The smallest absolute Gasteiger partial charge is 0.123 e. The van der Waals surface area contributed by atoms with Crippen molar-refractivity contribution in [3.8, 4) is 11.1 Å². The molecule has 0 amide bonds.